The van der Waals surface area contributed by atoms with Gasteiger partial charge in [0.2, 0.25) is 36.3 Å². The van der Waals surface area contributed by atoms with E-state index in [4.69, 9.17) is 9.47 Å². The molecule has 0 radical (unpaired) electrons. The maximum Gasteiger partial charge on any atom is 0.231 e. The van der Waals surface area contributed by atoms with Crippen LogP contribution in [0.15, 0.2) is 388 Å². The molecule has 136 heavy (non-hydrogen) atoms. The lowest BCUT2D eigenvalue weighted by atomic mass is 10.0. The number of H-pyrrole nitrogens is 5. The lowest BCUT2D eigenvalue weighted by molar-refractivity contribution is -0.117. The van der Waals surface area contributed by atoms with Gasteiger partial charge in [-0.3, -0.25) is 24.0 Å². The summed E-state index contributed by atoms with van der Waals surface area (Å²) in [5, 5.41) is 49.2. The highest BCUT2D eigenvalue weighted by Gasteiger charge is 2.21. The number of nitrogens with one attached hydrogen (secondary N) is 10. The zero-order valence-corrected chi connectivity index (χ0v) is 74.7. The van der Waals surface area contributed by atoms with Gasteiger partial charge in [-0.05, 0) is 193 Å². The number of hydrogen-bond acceptors (Lipinski definition) is 10. The fraction of sp³-hybridized carbons (Fsp3) is 0.0948. The van der Waals surface area contributed by atoms with E-state index in [1.165, 1.54) is 28.8 Å². The number of aromatic amines is 5. The predicted molar refractivity (Wildman–Crippen MR) is 547 cm³/mol. The molecule has 5 amide bonds. The van der Waals surface area contributed by atoms with Gasteiger partial charge >= 0.3 is 0 Å². The summed E-state index contributed by atoms with van der Waals surface area (Å²) in [4.78, 5) is 79.6. The summed E-state index contributed by atoms with van der Waals surface area (Å²) in [7, 11) is 0. The molecule has 0 aliphatic carbocycles. The molecule has 0 unspecified atom stereocenters. The Bertz CT molecular complexity index is 7450. The average molecular weight is 1790 g/mol. The predicted octanol–water partition coefficient (Wildman–Crippen LogP) is 25.8. The molecule has 13 N–H and O–H groups in total. The number of aryl methyl sites for hydroxylation is 5. The van der Waals surface area contributed by atoms with Crippen molar-refractivity contribution >= 4 is 112 Å². The third kappa shape index (κ3) is 23.4. The van der Waals surface area contributed by atoms with Gasteiger partial charge < -0.3 is 76.3 Å². The second-order valence-electron chi connectivity index (χ2n) is 33.1. The minimum atomic E-state index is -0.179. The van der Waals surface area contributed by atoms with Gasteiger partial charge in [0.1, 0.15) is 5.75 Å². The van der Waals surface area contributed by atoms with Gasteiger partial charge in [-0.2, -0.15) is 0 Å². The van der Waals surface area contributed by atoms with Crippen LogP contribution in [0.3, 0.4) is 0 Å². The summed E-state index contributed by atoms with van der Waals surface area (Å²) in [6, 6.07) is 126. The number of aromatic nitrogens is 5. The van der Waals surface area contributed by atoms with Gasteiger partial charge in [-0.25, -0.2) is 0 Å². The first-order chi connectivity index (χ1) is 66.5. The van der Waals surface area contributed by atoms with Crippen molar-refractivity contribution in [1.82, 2.24) is 24.9 Å². The second-order valence-corrected chi connectivity index (χ2v) is 33.1. The summed E-state index contributed by atoms with van der Waals surface area (Å²) < 4.78 is 10.7. The molecule has 0 saturated heterocycles. The SMILES string of the molecule is Cc1ccccc1CCC(=O)Nc1ccccc1-c1cc2ccccc2[nH]1.O=C(CCc1ccc(O)c(O)c1)Nc1ccccc1-c1cc2ccccc2[nH]1.O=C(CCc1ccc(O)cc1)Nc1ccccc1-c1cc2ccccc2[nH]1.O=C(CCc1ccccc1)Nc1ccccc1-c1cc2ccccc2[nH]1.O=C(Cc1ccc2c(c1)OCO2)Nc1ccccc1-c1cc2ccccc2[nH]1. The van der Waals surface area contributed by atoms with Crippen LogP contribution in [0.5, 0.6) is 28.7 Å². The smallest absolute Gasteiger partial charge is 0.231 e. The van der Waals surface area contributed by atoms with Crippen LogP contribution in [0.1, 0.15) is 59.1 Å². The Morgan fingerprint density at radius 3 is 0.941 bits per heavy atom. The van der Waals surface area contributed by atoms with E-state index in [2.05, 4.69) is 137 Å². The zero-order chi connectivity index (χ0) is 93.5. The van der Waals surface area contributed by atoms with E-state index in [0.717, 1.165) is 169 Å². The maximum atomic E-state index is 12.6. The van der Waals surface area contributed by atoms with E-state index in [-0.39, 0.29) is 66.4 Å². The molecule has 0 atom stereocenters. The number of hydrogen-bond donors (Lipinski definition) is 13. The van der Waals surface area contributed by atoms with E-state index in [0.29, 0.717) is 43.6 Å². The molecule has 5 aromatic heterocycles. The number of ether oxygens (including phenoxy) is 2. The molecule has 20 nitrogen and oxygen atoms in total. The summed E-state index contributed by atoms with van der Waals surface area (Å²) in [6.07, 6.45) is 4.41. The van der Waals surface area contributed by atoms with Gasteiger partial charge in [0.05, 0.1) is 34.9 Å². The number of fused-ring (bicyclic) bond motifs is 6. The van der Waals surface area contributed by atoms with Crippen LogP contribution in [0, 0.1) is 6.92 Å². The maximum absolute atomic E-state index is 12.6. The molecule has 0 spiro atoms. The van der Waals surface area contributed by atoms with E-state index in [1.54, 1.807) is 18.2 Å². The molecule has 21 rings (SSSR count). The Kier molecular flexibility index (Phi) is 28.8. The number of carbonyl (C=O) groups excluding carboxylic acids is 5. The number of aromatic hydroxyl groups is 3. The van der Waals surface area contributed by atoms with E-state index in [9.17, 15) is 39.3 Å². The van der Waals surface area contributed by atoms with Gasteiger partial charge in [-0.1, -0.05) is 261 Å². The molecule has 6 heterocycles. The quantitative estimate of drug-likeness (QED) is 0.0254. The van der Waals surface area contributed by atoms with Crippen molar-refractivity contribution in [2.45, 2.75) is 64.7 Å². The summed E-state index contributed by atoms with van der Waals surface area (Å²) >= 11 is 0. The van der Waals surface area contributed by atoms with Crippen LogP contribution in [0.2, 0.25) is 0 Å². The van der Waals surface area contributed by atoms with Crippen LogP contribution in [0.25, 0.3) is 111 Å². The average Bonchev–Trinajstić information content (AvgIpc) is 1.68. The molecule has 0 bridgehead atoms. The van der Waals surface area contributed by atoms with Gasteiger partial charge in [0.15, 0.2) is 23.0 Å². The van der Waals surface area contributed by atoms with Crippen LogP contribution < -0.4 is 36.1 Å². The summed E-state index contributed by atoms with van der Waals surface area (Å²) in [6.45, 7) is 2.31. The lowest BCUT2D eigenvalue weighted by Gasteiger charge is -2.11. The summed E-state index contributed by atoms with van der Waals surface area (Å²) in [5.41, 5.74) is 25.4. The highest BCUT2D eigenvalue weighted by molar-refractivity contribution is 6.02. The van der Waals surface area contributed by atoms with Crippen LogP contribution >= 0.6 is 0 Å². The number of anilines is 5. The normalized spacial score (nSPS) is 11.1. The Morgan fingerprint density at radius 1 is 0.265 bits per heavy atom. The minimum absolute atomic E-state index is 0.0254. The standard InChI is InChI=1S/C24H22N2O.C23H18N2O3.C23H20N2O3.C23H20N2O2.C23H20N2O/c1-17-8-2-3-9-18(17)14-15-24(27)26-22-13-7-5-11-20(22)23-16-19-10-4-6-12-21(19)25-23;26-23(12-15-9-10-21-22(11-15)28-14-27-21)25-19-8-4-2-6-17(19)20-13-16-5-1-3-7-18(16)24-20;26-21-11-9-15(13-22(21)27)10-12-23(28)25-19-8-4-2-6-17(19)20-14-16-5-1-3-7-18(16)24-20;26-18-12-9-16(10-13-18)11-14-23(27)25-21-8-4-2-6-19(21)22-15-17-5-1-3-7-20(17)24-22;26-23(15-14-17-8-2-1-3-9-17)25-21-13-7-5-11-19(21)22-16-18-10-4-6-12-20(18)24-22/h2-13,16,25H,14-15H2,1H3,(H,26,27);1-11,13,24H,12,14H2,(H,25,26);1-9,11,13-14,24,26-27H,10,12H2,(H,25,28);1-10,12-13,15,24,26H,11,14H2,(H,25,27);1-13,16,24H,14-15H2,(H,25,26). The Balaban J connectivity index is 0.000000118. The number of rotatable bonds is 24. The summed E-state index contributed by atoms with van der Waals surface area (Å²) in [5.74, 6) is 1.11. The largest absolute Gasteiger partial charge is 0.508 e. The number of phenols is 3. The molecule has 0 saturated carbocycles. The molecule has 20 aromatic rings. The fourth-order valence-corrected chi connectivity index (χ4v) is 16.5. The first-order valence-corrected chi connectivity index (χ1v) is 45.2. The molecule has 15 aromatic carbocycles. The minimum Gasteiger partial charge on any atom is -0.508 e. The van der Waals surface area contributed by atoms with Gasteiger partial charge in [-0.15, -0.1) is 0 Å². The molecular weight excluding hydrogens is 1690 g/mol. The first kappa shape index (κ1) is 90.3. The second kappa shape index (κ2) is 43.4. The molecule has 20 heteroatoms. The number of benzene rings is 15. The number of amides is 5. The molecule has 1 aliphatic heterocycles. The molecule has 0 fully saturated rings. The van der Waals surface area contributed by atoms with Crippen molar-refractivity contribution in [3.8, 4) is 85.0 Å². The van der Waals surface area contributed by atoms with Crippen molar-refractivity contribution in [1.29, 1.82) is 0 Å². The first-order valence-electron chi connectivity index (χ1n) is 45.2. The third-order valence-corrected chi connectivity index (χ3v) is 23.5. The number of phenolic OH excluding ortho intramolecular Hbond substituents is 3. The van der Waals surface area contributed by atoms with Gasteiger partial charge in [0.25, 0.3) is 0 Å². The monoisotopic (exact) mass is 1790 g/mol. The van der Waals surface area contributed by atoms with E-state index >= 15 is 0 Å². The molecular formula is C116H100N10O10. The van der Waals surface area contributed by atoms with Crippen LogP contribution in [-0.4, -0.2) is 76.6 Å². The highest BCUT2D eigenvalue weighted by Crippen LogP contribution is 2.39. The van der Waals surface area contributed by atoms with E-state index in [1.807, 2.05) is 279 Å². The lowest BCUT2D eigenvalue weighted by Crippen LogP contribution is -2.15. The Labute approximate surface area is 786 Å². The van der Waals surface area contributed by atoms with E-state index < -0.39 is 0 Å². The highest BCUT2D eigenvalue weighted by atomic mass is 16.7. The third-order valence-electron chi connectivity index (χ3n) is 23.5. The molecule has 674 valence electrons. The Morgan fingerprint density at radius 2 is 0.566 bits per heavy atom. The Hall–Kier alpha value is -17.7. The molecule has 1 aliphatic rings. The number of carbonyl (C=O) groups is 5. The van der Waals surface area contributed by atoms with Crippen LogP contribution in [-0.2, 0) is 56.1 Å². The van der Waals surface area contributed by atoms with Crippen molar-refractivity contribution in [2.75, 3.05) is 33.4 Å². The van der Waals surface area contributed by atoms with Gasteiger partial charge in [0, 0.05) is 136 Å². The number of para-hydroxylation sites is 10. The fourth-order valence-electron chi connectivity index (χ4n) is 16.5. The van der Waals surface area contributed by atoms with Crippen molar-refractivity contribution in [3.63, 3.8) is 0 Å². The zero-order valence-electron chi connectivity index (χ0n) is 74.7. The van der Waals surface area contributed by atoms with Crippen molar-refractivity contribution in [3.05, 3.63) is 422 Å². The van der Waals surface area contributed by atoms with Crippen LogP contribution in [0.4, 0.5) is 28.4 Å². The van der Waals surface area contributed by atoms with Crippen molar-refractivity contribution < 1.29 is 48.8 Å². The van der Waals surface area contributed by atoms with Crippen molar-refractivity contribution in [2.24, 2.45) is 0 Å². The topological polar surface area (TPSA) is 304 Å².